The molecule has 0 saturated carbocycles. The fraction of sp³-hybridized carbons (Fsp3) is 0. The quantitative estimate of drug-likeness (QED) is 0.616. The van der Waals surface area contributed by atoms with Gasteiger partial charge in [-0.2, -0.15) is 9.61 Å². The van der Waals surface area contributed by atoms with Crippen molar-refractivity contribution in [3.05, 3.63) is 18.3 Å². The molecule has 1 N–H and O–H groups in total. The van der Waals surface area contributed by atoms with Crippen molar-refractivity contribution >= 4 is 18.0 Å². The lowest BCUT2D eigenvalue weighted by Crippen LogP contribution is -2.01. The van der Waals surface area contributed by atoms with Gasteiger partial charge in [0.05, 0.1) is 0 Å². The second-order valence-corrected chi connectivity index (χ2v) is 2.08. The van der Waals surface area contributed by atoms with Crippen LogP contribution >= 0.6 is 0 Å². The Balaban J connectivity index is 2.62. The van der Waals surface area contributed by atoms with Crippen molar-refractivity contribution in [2.75, 3.05) is 5.32 Å². The second kappa shape index (κ2) is 2.57. The van der Waals surface area contributed by atoms with E-state index in [1.165, 1.54) is 4.52 Å². The molecule has 2 aromatic rings. The Kier molecular flexibility index (Phi) is 1.44. The third-order valence-electron chi connectivity index (χ3n) is 1.37. The summed E-state index contributed by atoms with van der Waals surface area (Å²) in [5, 5.41) is 13.8. The van der Waals surface area contributed by atoms with Crippen LogP contribution in [0.15, 0.2) is 18.3 Å². The highest BCUT2D eigenvalue weighted by Gasteiger charge is 2.02. The minimum atomic E-state index is 0.320. The molecule has 0 unspecified atom stereocenters. The summed E-state index contributed by atoms with van der Waals surface area (Å²) >= 11 is 0. The summed E-state index contributed by atoms with van der Waals surface area (Å²) in [6, 6.07) is 3.49. The fourth-order valence-electron chi connectivity index (χ4n) is 0.887. The van der Waals surface area contributed by atoms with Gasteiger partial charge in [0, 0.05) is 6.20 Å². The Morgan fingerprint density at radius 1 is 1.50 bits per heavy atom. The van der Waals surface area contributed by atoms with Gasteiger partial charge in [-0.05, 0) is 12.1 Å². The molecule has 2 heterocycles. The van der Waals surface area contributed by atoms with E-state index >= 15 is 0 Å². The van der Waals surface area contributed by atoms with Crippen LogP contribution in [0, 0.1) is 0 Å². The molecule has 0 fully saturated rings. The van der Waals surface area contributed by atoms with Crippen molar-refractivity contribution in [3.63, 3.8) is 0 Å². The first-order chi connectivity index (χ1) is 5.92. The maximum absolute atomic E-state index is 10.1. The zero-order valence-corrected chi connectivity index (χ0v) is 6.01. The number of hydrogen-bond donors (Lipinski definition) is 1. The molecule has 0 bridgehead atoms. The minimum absolute atomic E-state index is 0.320. The van der Waals surface area contributed by atoms with Crippen molar-refractivity contribution in [3.8, 4) is 0 Å². The summed E-state index contributed by atoms with van der Waals surface area (Å²) in [4.78, 5) is 10.1. The van der Waals surface area contributed by atoms with E-state index in [2.05, 4.69) is 20.6 Å². The standard InChI is InChI=1S/C6H5N5O/c12-4-7-6-10-9-5-2-1-3-8-11(5)6/h1-4H,(H,7,10,12). The summed E-state index contributed by atoms with van der Waals surface area (Å²) in [7, 11) is 0. The summed E-state index contributed by atoms with van der Waals surface area (Å²) in [5.41, 5.74) is 0.599. The lowest BCUT2D eigenvalue weighted by molar-refractivity contribution is -0.105. The Bertz CT molecular complexity index is 409. The van der Waals surface area contributed by atoms with Gasteiger partial charge in [0.15, 0.2) is 5.65 Å². The normalized spacial score (nSPS) is 10.0. The first kappa shape index (κ1) is 6.71. The van der Waals surface area contributed by atoms with Gasteiger partial charge in [0.1, 0.15) is 0 Å². The lowest BCUT2D eigenvalue weighted by atomic mass is 10.6. The number of nitrogens with one attached hydrogen (secondary N) is 1. The highest BCUT2D eigenvalue weighted by atomic mass is 16.1. The van der Waals surface area contributed by atoms with Crippen LogP contribution in [0.3, 0.4) is 0 Å². The molecule has 0 radical (unpaired) electrons. The topological polar surface area (TPSA) is 72.2 Å². The van der Waals surface area contributed by atoms with Crippen LogP contribution in [0.4, 0.5) is 5.95 Å². The van der Waals surface area contributed by atoms with E-state index in [9.17, 15) is 4.79 Å². The van der Waals surface area contributed by atoms with Gasteiger partial charge in [-0.25, -0.2) is 0 Å². The Hall–Kier alpha value is -1.98. The molecule has 6 heteroatoms. The van der Waals surface area contributed by atoms with E-state index in [0.29, 0.717) is 18.0 Å². The Morgan fingerprint density at radius 2 is 2.42 bits per heavy atom. The van der Waals surface area contributed by atoms with Gasteiger partial charge < -0.3 is 0 Å². The van der Waals surface area contributed by atoms with Crippen LogP contribution in [-0.2, 0) is 4.79 Å². The predicted molar refractivity (Wildman–Crippen MR) is 40.5 cm³/mol. The van der Waals surface area contributed by atoms with Crippen molar-refractivity contribution < 1.29 is 4.79 Å². The summed E-state index contributed by atoms with van der Waals surface area (Å²) in [5.74, 6) is 0.320. The van der Waals surface area contributed by atoms with Crippen molar-refractivity contribution in [2.45, 2.75) is 0 Å². The molecule has 12 heavy (non-hydrogen) atoms. The third kappa shape index (κ3) is 0.895. The van der Waals surface area contributed by atoms with Gasteiger partial charge in [-0.3, -0.25) is 10.1 Å². The number of hydrogen-bond acceptors (Lipinski definition) is 4. The average molecular weight is 163 g/mol. The highest BCUT2D eigenvalue weighted by molar-refractivity contribution is 5.67. The SMILES string of the molecule is O=CNc1nnc2cccnn12. The molecule has 0 aliphatic carbocycles. The summed E-state index contributed by atoms with van der Waals surface area (Å²) < 4.78 is 1.44. The molecule has 0 aliphatic heterocycles. The number of carbonyl (C=O) groups excluding carboxylic acids is 1. The van der Waals surface area contributed by atoms with Crippen LogP contribution in [0.1, 0.15) is 0 Å². The minimum Gasteiger partial charge on any atom is -0.296 e. The highest BCUT2D eigenvalue weighted by Crippen LogP contribution is 2.02. The van der Waals surface area contributed by atoms with Crippen molar-refractivity contribution in [1.82, 2.24) is 19.8 Å². The number of rotatable bonds is 2. The van der Waals surface area contributed by atoms with Gasteiger partial charge in [0.2, 0.25) is 6.41 Å². The molecular weight excluding hydrogens is 158 g/mol. The van der Waals surface area contributed by atoms with E-state index < -0.39 is 0 Å². The van der Waals surface area contributed by atoms with Crippen LogP contribution in [0.2, 0.25) is 0 Å². The fourth-order valence-corrected chi connectivity index (χ4v) is 0.887. The zero-order valence-electron chi connectivity index (χ0n) is 6.01. The smallest absolute Gasteiger partial charge is 0.252 e. The molecule has 0 spiro atoms. The van der Waals surface area contributed by atoms with Crippen LogP contribution in [-0.4, -0.2) is 26.2 Å². The summed E-state index contributed by atoms with van der Waals surface area (Å²) in [6.45, 7) is 0. The van der Waals surface area contributed by atoms with Crippen LogP contribution < -0.4 is 5.32 Å². The maximum atomic E-state index is 10.1. The molecule has 2 aromatic heterocycles. The van der Waals surface area contributed by atoms with E-state index in [0.717, 1.165) is 0 Å². The Labute approximate surface area is 67.2 Å². The van der Waals surface area contributed by atoms with Crippen LogP contribution in [0.5, 0.6) is 0 Å². The molecule has 2 rings (SSSR count). The van der Waals surface area contributed by atoms with Crippen molar-refractivity contribution in [2.24, 2.45) is 0 Å². The Morgan fingerprint density at radius 3 is 3.25 bits per heavy atom. The van der Waals surface area contributed by atoms with Gasteiger partial charge in [-0.15, -0.1) is 10.2 Å². The largest absolute Gasteiger partial charge is 0.296 e. The first-order valence-electron chi connectivity index (χ1n) is 3.28. The van der Waals surface area contributed by atoms with Gasteiger partial charge >= 0.3 is 0 Å². The molecule has 60 valence electrons. The molecule has 0 aliphatic rings. The van der Waals surface area contributed by atoms with E-state index in [4.69, 9.17) is 0 Å². The molecule has 1 amide bonds. The van der Waals surface area contributed by atoms with Gasteiger partial charge in [0.25, 0.3) is 5.95 Å². The number of carbonyl (C=O) groups is 1. The molecule has 0 aromatic carbocycles. The summed E-state index contributed by atoms with van der Waals surface area (Å²) in [6.07, 6.45) is 2.12. The van der Waals surface area contributed by atoms with E-state index in [1.807, 2.05) is 0 Å². The maximum Gasteiger partial charge on any atom is 0.252 e. The number of amides is 1. The van der Waals surface area contributed by atoms with Crippen molar-refractivity contribution in [1.29, 1.82) is 0 Å². The molecule has 0 saturated heterocycles. The third-order valence-corrected chi connectivity index (χ3v) is 1.37. The second-order valence-electron chi connectivity index (χ2n) is 2.08. The van der Waals surface area contributed by atoms with E-state index in [-0.39, 0.29) is 0 Å². The van der Waals surface area contributed by atoms with Crippen LogP contribution in [0.25, 0.3) is 5.65 Å². The van der Waals surface area contributed by atoms with E-state index in [1.54, 1.807) is 18.3 Å². The number of fused-ring (bicyclic) bond motifs is 1. The molecule has 6 nitrogen and oxygen atoms in total. The number of nitrogens with zero attached hydrogens (tertiary/aromatic N) is 4. The molecule has 0 atom stereocenters. The van der Waals surface area contributed by atoms with Gasteiger partial charge in [-0.1, -0.05) is 0 Å². The predicted octanol–water partition coefficient (Wildman–Crippen LogP) is -0.307. The number of anilines is 1. The monoisotopic (exact) mass is 163 g/mol. The molecular formula is C6H5N5O. The first-order valence-corrected chi connectivity index (χ1v) is 3.28. The zero-order chi connectivity index (χ0) is 8.39. The number of aromatic nitrogens is 4. The average Bonchev–Trinajstić information content (AvgIpc) is 2.50. The lowest BCUT2D eigenvalue weighted by Gasteiger charge is -1.92.